The van der Waals surface area contributed by atoms with Gasteiger partial charge in [-0.25, -0.2) is 4.99 Å². The normalized spacial score (nSPS) is 29.3. The molecule has 9 rings (SSSR count). The predicted octanol–water partition coefficient (Wildman–Crippen LogP) is 5.44. The summed E-state index contributed by atoms with van der Waals surface area (Å²) >= 11 is 0. The van der Waals surface area contributed by atoms with Crippen LogP contribution in [0.25, 0.3) is 10.8 Å². The summed E-state index contributed by atoms with van der Waals surface area (Å²) < 4.78 is 24.0. The Labute approximate surface area is 438 Å². The van der Waals surface area contributed by atoms with Gasteiger partial charge in [-0.2, -0.15) is 0 Å². The molecule has 19 nitrogen and oxygen atoms in total. The molecule has 0 aliphatic carbocycles. The van der Waals surface area contributed by atoms with Crippen molar-refractivity contribution in [1.82, 2.24) is 19.9 Å². The fraction of sp³-hybridized carbons (Fsp3) is 0.589. The molecule has 6 aliphatic rings. The standard InChI is InChI=1S/C56H75N7O12/c1-29(2)27-61-19-17-56(18-20-61)58-44-41-42-49(68)35(8)52-43(41)53(70)55(11,74-52)72-25-13-16-31(4)51(73-40(65)26-39(64)63-23-21-62(22-24-63)28-38-36(9)60-75-37(38)10)34(7)48(67)33(6)47(66)30(3)14-12-15-32(5)54(71)57-46(50(42)69)45(44)59-56/h12-15,25,29-31,33-34,47-48,51,58,66-69H,16-24,26-28H2,1-11H3/b14-12+,25-13+,32-15-,57-46?/t30-,31+,33+,34+,47-,48+,51+,55-/m0/s1. The van der Waals surface area contributed by atoms with Crippen LogP contribution < -0.4 is 20.8 Å². The van der Waals surface area contributed by atoms with Crippen molar-refractivity contribution in [3.8, 4) is 17.2 Å². The lowest BCUT2D eigenvalue weighted by Crippen LogP contribution is -2.49. The highest BCUT2D eigenvalue weighted by Gasteiger charge is 2.51. The number of Topliss-reactive ketones (excluding diaryl/α,β-unsaturated/α-hetero) is 1. The fourth-order valence-corrected chi connectivity index (χ4v) is 11.3. The second-order valence-corrected chi connectivity index (χ2v) is 22.2. The van der Waals surface area contributed by atoms with Crippen LogP contribution in [0.1, 0.15) is 114 Å². The van der Waals surface area contributed by atoms with Gasteiger partial charge in [-0.1, -0.05) is 64.9 Å². The maximum atomic E-state index is 14.9. The topological polar surface area (TPSA) is 249 Å². The molecule has 8 atom stereocenters. The molecule has 3 aromatic rings. The van der Waals surface area contributed by atoms with E-state index < -0.39 is 83.3 Å². The van der Waals surface area contributed by atoms with Crippen LogP contribution in [0.2, 0.25) is 0 Å². The van der Waals surface area contributed by atoms with Gasteiger partial charge in [0, 0.05) is 112 Å². The fourth-order valence-electron chi connectivity index (χ4n) is 11.3. The van der Waals surface area contributed by atoms with E-state index in [4.69, 9.17) is 23.7 Å². The number of aliphatic hydroxyl groups excluding tert-OH is 2. The molecular weight excluding hydrogens is 963 g/mol. The van der Waals surface area contributed by atoms with E-state index in [9.17, 15) is 39.6 Å². The number of esters is 1. The molecule has 2 fully saturated rings. The zero-order valence-corrected chi connectivity index (χ0v) is 45.2. The first kappa shape index (κ1) is 55.1. The Morgan fingerprint density at radius 3 is 2.25 bits per heavy atom. The van der Waals surface area contributed by atoms with Crippen molar-refractivity contribution < 1.29 is 58.3 Å². The SMILES string of the molecule is C/C1=C/C=C/[C@H](C)[C@H](O)[C@@H](C)[C@@H](O)[C@@H](C)[C@H](OC(=O)CC(=O)N2CCN(Cc3c(C)noc3C)CC2)[C@H](C)C/C=C/O[C@@]2(C)Oc3c(C)c(O)c4c(O)c(c5c(c4c3C2=O)NC2(CCN(CC(C)C)CC2)N=5)=NC1=O. The molecular formula is C56H75N7O12. The number of allylic oxidation sites excluding steroid dienone is 3. The van der Waals surface area contributed by atoms with E-state index in [-0.39, 0.29) is 62.0 Å². The highest BCUT2D eigenvalue weighted by atomic mass is 16.7. The lowest BCUT2D eigenvalue weighted by atomic mass is 9.79. The monoisotopic (exact) mass is 1040 g/mol. The highest BCUT2D eigenvalue weighted by Crippen LogP contribution is 2.51. The third kappa shape index (κ3) is 11.0. The number of carbonyl (C=O) groups is 4. The number of aromatic hydroxyl groups is 2. The maximum absolute atomic E-state index is 14.9. The summed E-state index contributed by atoms with van der Waals surface area (Å²) in [5, 5.41) is 55.3. The van der Waals surface area contributed by atoms with Gasteiger partial charge in [0.1, 0.15) is 46.2 Å². The minimum absolute atomic E-state index is 0.0512. The number of anilines is 1. The average Bonchev–Trinajstić information content (AvgIpc) is 4.00. The summed E-state index contributed by atoms with van der Waals surface area (Å²) in [4.78, 5) is 72.0. The minimum Gasteiger partial charge on any atom is -0.507 e. The van der Waals surface area contributed by atoms with Crippen LogP contribution >= 0.6 is 0 Å². The van der Waals surface area contributed by atoms with Crippen molar-refractivity contribution in [1.29, 1.82) is 0 Å². The van der Waals surface area contributed by atoms with Gasteiger partial charge >= 0.3 is 11.8 Å². The number of rotatable bonds is 7. The summed E-state index contributed by atoms with van der Waals surface area (Å²) in [5.74, 6) is -6.53. The van der Waals surface area contributed by atoms with E-state index >= 15 is 0 Å². The Morgan fingerprint density at radius 1 is 0.907 bits per heavy atom. The van der Waals surface area contributed by atoms with E-state index in [0.29, 0.717) is 70.3 Å². The lowest BCUT2D eigenvalue weighted by molar-refractivity contribution is -0.162. The van der Waals surface area contributed by atoms with Gasteiger partial charge in [-0.05, 0) is 52.0 Å². The number of piperidine rings is 1. The number of nitrogens with one attached hydrogen (secondary N) is 1. The van der Waals surface area contributed by atoms with Gasteiger partial charge in [0.2, 0.25) is 5.91 Å². The number of aryl methyl sites for hydroxylation is 2. The second-order valence-electron chi connectivity index (χ2n) is 22.2. The van der Waals surface area contributed by atoms with E-state index in [1.807, 2.05) is 20.8 Å². The Kier molecular flexibility index (Phi) is 16.0. The predicted molar refractivity (Wildman–Crippen MR) is 278 cm³/mol. The van der Waals surface area contributed by atoms with Crippen LogP contribution in [0.15, 0.2) is 50.6 Å². The number of benzene rings is 2. The van der Waals surface area contributed by atoms with Crippen molar-refractivity contribution in [2.24, 2.45) is 39.6 Å². The Bertz CT molecular complexity index is 2930. The Hall–Kier alpha value is -6.15. The molecule has 0 radical (unpaired) electrons. The summed E-state index contributed by atoms with van der Waals surface area (Å²) in [6, 6.07) is 0. The van der Waals surface area contributed by atoms with Crippen molar-refractivity contribution >= 4 is 40.0 Å². The van der Waals surface area contributed by atoms with Crippen molar-refractivity contribution in [3.63, 3.8) is 0 Å². The number of ether oxygens (including phenoxy) is 3. The van der Waals surface area contributed by atoms with Crippen LogP contribution in [0.4, 0.5) is 5.69 Å². The summed E-state index contributed by atoms with van der Waals surface area (Å²) in [6.45, 7) is 24.7. The summed E-state index contributed by atoms with van der Waals surface area (Å²) in [7, 11) is 0. The molecule has 6 aliphatic heterocycles. The average molecular weight is 1040 g/mol. The zero-order valence-electron chi connectivity index (χ0n) is 45.2. The third-order valence-corrected chi connectivity index (χ3v) is 16.1. The van der Waals surface area contributed by atoms with Crippen LogP contribution in [-0.4, -0.2) is 139 Å². The largest absolute Gasteiger partial charge is 0.507 e. The van der Waals surface area contributed by atoms with Gasteiger partial charge < -0.3 is 54.3 Å². The van der Waals surface area contributed by atoms with Gasteiger partial charge in [0.25, 0.3) is 11.7 Å². The Morgan fingerprint density at radius 2 is 1.60 bits per heavy atom. The molecule has 75 heavy (non-hydrogen) atoms. The van der Waals surface area contributed by atoms with Crippen molar-refractivity contribution in [3.05, 3.63) is 75.0 Å². The number of fused-ring (bicyclic) bond motifs is 13. The molecule has 1 aromatic heterocycles. The number of hydrogen-bond donors (Lipinski definition) is 5. The first-order valence-electron chi connectivity index (χ1n) is 26.4. The quantitative estimate of drug-likeness (QED) is 0.112. The van der Waals surface area contributed by atoms with Crippen LogP contribution in [0.3, 0.4) is 0 Å². The number of carbonyl (C=O) groups excluding carboxylic acids is 4. The van der Waals surface area contributed by atoms with Gasteiger partial charge in [0.05, 0.1) is 40.8 Å². The molecule has 2 aromatic carbocycles. The molecule has 406 valence electrons. The number of amides is 2. The Balaban J connectivity index is 1.10. The number of nitrogens with zero attached hydrogens (tertiary/aromatic N) is 6. The van der Waals surface area contributed by atoms with Gasteiger partial charge in [0.15, 0.2) is 5.75 Å². The first-order chi connectivity index (χ1) is 35.4. The van der Waals surface area contributed by atoms with Crippen molar-refractivity contribution in [2.75, 3.05) is 51.1 Å². The molecule has 5 bridgehead atoms. The van der Waals surface area contributed by atoms with Gasteiger partial charge in [-0.3, -0.25) is 29.1 Å². The number of phenolic OH excluding ortho intramolecular Hbond substituents is 2. The van der Waals surface area contributed by atoms with E-state index in [0.717, 1.165) is 23.6 Å². The van der Waals surface area contributed by atoms with Crippen LogP contribution in [0, 0.1) is 50.4 Å². The molecule has 5 N–H and O–H groups in total. The molecule has 1 spiro atoms. The van der Waals surface area contributed by atoms with E-state index in [1.165, 1.54) is 19.3 Å². The smallest absolute Gasteiger partial charge is 0.315 e. The van der Waals surface area contributed by atoms with Gasteiger partial charge in [-0.15, -0.1) is 0 Å². The number of aliphatic hydroxyl groups is 2. The molecule has 7 heterocycles. The number of piperazine rings is 1. The highest BCUT2D eigenvalue weighted by molar-refractivity contribution is 6.21. The van der Waals surface area contributed by atoms with Crippen LogP contribution in [-0.2, 0) is 30.4 Å². The number of likely N-dealkylation sites (tertiary alicyclic amines) is 1. The number of ketones is 1. The maximum Gasteiger partial charge on any atom is 0.315 e. The molecule has 0 saturated carbocycles. The lowest BCUT2D eigenvalue weighted by Gasteiger charge is -2.38. The van der Waals surface area contributed by atoms with E-state index in [1.54, 1.807) is 57.7 Å². The second kappa shape index (κ2) is 21.8. The van der Waals surface area contributed by atoms with Crippen molar-refractivity contribution in [2.45, 2.75) is 138 Å². The number of hydrogen-bond acceptors (Lipinski definition) is 17. The number of aromatic nitrogens is 1. The molecule has 19 heteroatoms. The third-order valence-electron chi connectivity index (χ3n) is 16.1. The summed E-state index contributed by atoms with van der Waals surface area (Å²) in [6.07, 6.45) is 5.45. The summed E-state index contributed by atoms with van der Waals surface area (Å²) in [5.41, 5.74) is 1.69. The minimum atomic E-state index is -1.95. The number of phenols is 2. The first-order valence-corrected chi connectivity index (χ1v) is 26.4. The zero-order chi connectivity index (χ0) is 54.4. The van der Waals surface area contributed by atoms with E-state index in [2.05, 4.69) is 39.1 Å². The molecule has 2 amide bonds. The molecule has 0 unspecified atom stereocenters. The molecule has 2 saturated heterocycles. The van der Waals surface area contributed by atoms with Crippen LogP contribution in [0.5, 0.6) is 17.2 Å².